The Hall–Kier alpha value is -3.59. The molecule has 9 nitrogen and oxygen atoms in total. The summed E-state index contributed by atoms with van der Waals surface area (Å²) >= 11 is 0. The van der Waals surface area contributed by atoms with Crippen LogP contribution in [0.3, 0.4) is 0 Å². The van der Waals surface area contributed by atoms with E-state index >= 15 is 0 Å². The van der Waals surface area contributed by atoms with Crippen LogP contribution in [0.5, 0.6) is 0 Å². The Balaban J connectivity index is 1.53. The van der Waals surface area contributed by atoms with Gasteiger partial charge in [-0.2, -0.15) is 0 Å². The van der Waals surface area contributed by atoms with E-state index in [1.54, 1.807) is 19.1 Å². The number of carbonyl (C=O) groups is 3. The third-order valence-electron chi connectivity index (χ3n) is 6.64. The smallest absolute Gasteiger partial charge is 0.338 e. The molecule has 2 aromatic rings. The number of hydrogen-bond donors (Lipinski definition) is 2. The van der Waals surface area contributed by atoms with Gasteiger partial charge in [-0.15, -0.1) is 0 Å². The first-order chi connectivity index (χ1) is 17.5. The summed E-state index contributed by atoms with van der Waals surface area (Å²) < 4.78 is 10.9. The molecular weight excluding hydrogens is 460 g/mol. The van der Waals surface area contributed by atoms with Crippen molar-refractivity contribution in [1.29, 1.82) is 0 Å². The first-order valence-corrected chi connectivity index (χ1v) is 12.6. The van der Waals surface area contributed by atoms with Crippen molar-refractivity contribution in [3.63, 3.8) is 0 Å². The molecule has 4 rings (SSSR count). The summed E-state index contributed by atoms with van der Waals surface area (Å²) in [7, 11) is 0. The molecule has 1 aromatic carbocycles. The first-order valence-electron chi connectivity index (χ1n) is 12.6. The molecule has 2 N–H and O–H groups in total. The zero-order chi connectivity index (χ0) is 25.5. The van der Waals surface area contributed by atoms with Crippen LogP contribution in [0.1, 0.15) is 55.3 Å². The fraction of sp³-hybridized carbons (Fsp3) is 0.444. The average molecular weight is 495 g/mol. The molecule has 1 unspecified atom stereocenters. The fourth-order valence-corrected chi connectivity index (χ4v) is 4.94. The van der Waals surface area contributed by atoms with Crippen LogP contribution in [0.4, 0.5) is 4.79 Å². The van der Waals surface area contributed by atoms with Gasteiger partial charge in [0.1, 0.15) is 11.8 Å². The van der Waals surface area contributed by atoms with Gasteiger partial charge in [0, 0.05) is 36.9 Å². The Morgan fingerprint density at radius 3 is 2.50 bits per heavy atom. The molecule has 1 saturated heterocycles. The molecule has 0 bridgehead atoms. The van der Waals surface area contributed by atoms with Gasteiger partial charge in [0.2, 0.25) is 0 Å². The first kappa shape index (κ1) is 25.5. The van der Waals surface area contributed by atoms with E-state index in [0.717, 1.165) is 25.8 Å². The lowest BCUT2D eigenvalue weighted by molar-refractivity contribution is -0.139. The highest BCUT2D eigenvalue weighted by atomic mass is 16.5. The van der Waals surface area contributed by atoms with Crippen LogP contribution in [-0.4, -0.2) is 66.5 Å². The standard InChI is InChI=1S/C27H34N4O5/c1-3-14-31(20-12-15-30(16-13-20)25(32)19-9-6-5-7-10-19)18-21-23(26(33)35-4-2)24(29-27(34)28-21)22-11-8-17-36-22/h5-11,17,20,24H,3-4,12-16,18H2,1-2H3,(H2,28,29,34). The van der Waals surface area contributed by atoms with Crippen molar-refractivity contribution in [1.82, 2.24) is 20.4 Å². The van der Waals surface area contributed by atoms with Gasteiger partial charge < -0.3 is 24.7 Å². The third kappa shape index (κ3) is 5.79. The van der Waals surface area contributed by atoms with Gasteiger partial charge >= 0.3 is 12.0 Å². The molecule has 1 fully saturated rings. The molecule has 36 heavy (non-hydrogen) atoms. The minimum atomic E-state index is -0.725. The topological polar surface area (TPSA) is 104 Å². The number of nitrogens with one attached hydrogen (secondary N) is 2. The second-order valence-electron chi connectivity index (χ2n) is 9.02. The fourth-order valence-electron chi connectivity index (χ4n) is 4.94. The largest absolute Gasteiger partial charge is 0.467 e. The summed E-state index contributed by atoms with van der Waals surface area (Å²) in [6.45, 7) is 6.59. The summed E-state index contributed by atoms with van der Waals surface area (Å²) in [5, 5.41) is 5.65. The molecule has 2 aliphatic heterocycles. The Labute approximate surface area is 211 Å². The van der Waals surface area contributed by atoms with Crippen LogP contribution in [-0.2, 0) is 9.53 Å². The molecule has 3 amide bonds. The average Bonchev–Trinajstić information content (AvgIpc) is 3.43. The van der Waals surface area contributed by atoms with Gasteiger partial charge in [-0.3, -0.25) is 9.69 Å². The van der Waals surface area contributed by atoms with Gasteiger partial charge in [-0.25, -0.2) is 9.59 Å². The Morgan fingerprint density at radius 2 is 1.86 bits per heavy atom. The van der Waals surface area contributed by atoms with Crippen molar-refractivity contribution in [2.24, 2.45) is 0 Å². The number of esters is 1. The second-order valence-corrected chi connectivity index (χ2v) is 9.02. The van der Waals surface area contributed by atoms with Crippen molar-refractivity contribution in [3.8, 4) is 0 Å². The van der Waals surface area contributed by atoms with Crippen molar-refractivity contribution in [2.75, 3.05) is 32.8 Å². The predicted molar refractivity (Wildman–Crippen MR) is 134 cm³/mol. The Kier molecular flexibility index (Phi) is 8.43. The highest BCUT2D eigenvalue weighted by Gasteiger charge is 2.37. The lowest BCUT2D eigenvalue weighted by Crippen LogP contribution is -2.51. The van der Waals surface area contributed by atoms with Gasteiger partial charge in [0.25, 0.3) is 5.91 Å². The van der Waals surface area contributed by atoms with Gasteiger partial charge in [0.05, 0.1) is 18.4 Å². The van der Waals surface area contributed by atoms with E-state index in [2.05, 4.69) is 22.5 Å². The second kappa shape index (κ2) is 11.9. The molecule has 0 aliphatic carbocycles. The van der Waals surface area contributed by atoms with Gasteiger partial charge in [0.15, 0.2) is 0 Å². The van der Waals surface area contributed by atoms with E-state index < -0.39 is 12.0 Å². The number of urea groups is 1. The minimum Gasteiger partial charge on any atom is -0.467 e. The zero-order valence-corrected chi connectivity index (χ0v) is 20.9. The highest BCUT2D eigenvalue weighted by Crippen LogP contribution is 2.29. The van der Waals surface area contributed by atoms with Crippen LogP contribution in [0.15, 0.2) is 64.4 Å². The van der Waals surface area contributed by atoms with E-state index in [1.165, 1.54) is 6.26 Å². The van der Waals surface area contributed by atoms with Gasteiger partial charge in [-0.1, -0.05) is 25.1 Å². The zero-order valence-electron chi connectivity index (χ0n) is 20.9. The molecule has 0 spiro atoms. The van der Waals surface area contributed by atoms with Crippen molar-refractivity contribution in [3.05, 3.63) is 71.3 Å². The molecule has 1 atom stereocenters. The number of carbonyl (C=O) groups excluding carboxylic acids is 3. The maximum absolute atomic E-state index is 13.0. The van der Waals surface area contributed by atoms with E-state index in [1.807, 2.05) is 35.2 Å². The SMILES string of the molecule is CCCN(CC1=C(C(=O)OCC)C(c2ccco2)NC(=O)N1)C1CCN(C(=O)c2ccccc2)CC1. The number of ether oxygens (including phenoxy) is 1. The minimum absolute atomic E-state index is 0.0512. The van der Waals surface area contributed by atoms with E-state index in [0.29, 0.717) is 42.2 Å². The van der Waals surface area contributed by atoms with Crippen LogP contribution in [0.25, 0.3) is 0 Å². The summed E-state index contributed by atoms with van der Waals surface area (Å²) in [5.74, 6) is 0.0385. The summed E-state index contributed by atoms with van der Waals surface area (Å²) in [5.41, 5.74) is 1.58. The number of rotatable bonds is 9. The third-order valence-corrected chi connectivity index (χ3v) is 6.64. The number of likely N-dealkylation sites (tertiary alicyclic amines) is 1. The molecule has 0 radical (unpaired) electrons. The number of piperidine rings is 1. The number of benzene rings is 1. The van der Waals surface area contributed by atoms with Crippen molar-refractivity contribution in [2.45, 2.75) is 45.2 Å². The monoisotopic (exact) mass is 494 g/mol. The van der Waals surface area contributed by atoms with E-state index in [9.17, 15) is 14.4 Å². The maximum atomic E-state index is 13.0. The number of furan rings is 1. The molecule has 1 aromatic heterocycles. The summed E-state index contributed by atoms with van der Waals surface area (Å²) in [4.78, 5) is 42.6. The maximum Gasteiger partial charge on any atom is 0.338 e. The molecule has 9 heteroatoms. The lowest BCUT2D eigenvalue weighted by Gasteiger charge is -2.40. The summed E-state index contributed by atoms with van der Waals surface area (Å²) in [6.07, 6.45) is 4.06. The predicted octanol–water partition coefficient (Wildman–Crippen LogP) is 3.47. The molecule has 3 heterocycles. The van der Waals surface area contributed by atoms with Gasteiger partial charge in [-0.05, 0) is 57.0 Å². The molecule has 2 aliphatic rings. The Morgan fingerprint density at radius 1 is 1.11 bits per heavy atom. The molecule has 192 valence electrons. The van der Waals surface area contributed by atoms with Crippen LogP contribution >= 0.6 is 0 Å². The summed E-state index contributed by atoms with van der Waals surface area (Å²) in [6, 6.07) is 11.9. The van der Waals surface area contributed by atoms with E-state index in [-0.39, 0.29) is 24.6 Å². The number of hydrogen-bond acceptors (Lipinski definition) is 6. The van der Waals surface area contributed by atoms with Crippen LogP contribution < -0.4 is 10.6 Å². The highest BCUT2D eigenvalue weighted by molar-refractivity contribution is 5.95. The van der Waals surface area contributed by atoms with Crippen LogP contribution in [0.2, 0.25) is 0 Å². The quantitative estimate of drug-likeness (QED) is 0.518. The number of nitrogens with zero attached hydrogens (tertiary/aromatic N) is 2. The van der Waals surface area contributed by atoms with Crippen LogP contribution in [0, 0.1) is 0 Å². The van der Waals surface area contributed by atoms with Crippen molar-refractivity contribution >= 4 is 17.9 Å². The van der Waals surface area contributed by atoms with E-state index in [4.69, 9.17) is 9.15 Å². The lowest BCUT2D eigenvalue weighted by atomic mass is 9.97. The number of amides is 3. The normalized spacial score (nSPS) is 18.7. The van der Waals surface area contributed by atoms with Crippen molar-refractivity contribution < 1.29 is 23.5 Å². The Bertz CT molecular complexity index is 1070. The molecule has 0 saturated carbocycles. The molecular formula is C27H34N4O5.